The molecule has 3 heteroatoms. The molecular formula is C8H12N2O. The molecule has 1 heterocycles. The highest BCUT2D eigenvalue weighted by atomic mass is 16.5. The van der Waals surface area contributed by atoms with Crippen LogP contribution in [0.5, 0.6) is 5.88 Å². The maximum absolute atomic E-state index is 5.38. The quantitative estimate of drug-likeness (QED) is 0.711. The van der Waals surface area contributed by atoms with Gasteiger partial charge in [0.25, 0.3) is 0 Å². The fourth-order valence-electron chi connectivity index (χ4n) is 1.07. The molecule has 0 aromatic carbocycles. The van der Waals surface area contributed by atoms with Crippen LogP contribution in [0, 0.1) is 5.92 Å². The minimum atomic E-state index is 0.783. The van der Waals surface area contributed by atoms with E-state index in [1.807, 2.05) is 6.07 Å². The van der Waals surface area contributed by atoms with Crippen LogP contribution in [0.15, 0.2) is 12.3 Å². The van der Waals surface area contributed by atoms with Gasteiger partial charge in [0.05, 0.1) is 12.8 Å². The number of nitrogens with zero attached hydrogens (tertiary/aromatic N) is 1. The van der Waals surface area contributed by atoms with Crippen LogP contribution in [-0.4, -0.2) is 16.8 Å². The lowest BCUT2D eigenvalue weighted by Gasteiger charge is -2.00. The normalized spacial score (nSPS) is 16.7. The highest BCUT2D eigenvalue weighted by Gasteiger charge is 2.20. The van der Waals surface area contributed by atoms with Crippen LogP contribution in [0.3, 0.4) is 0 Å². The van der Waals surface area contributed by atoms with Gasteiger partial charge >= 0.3 is 0 Å². The van der Waals surface area contributed by atoms with Gasteiger partial charge in [-0.05, 0) is 12.3 Å². The minimum Gasteiger partial charge on any atom is -0.478 e. The summed E-state index contributed by atoms with van der Waals surface area (Å²) in [6.45, 7) is 0.826. The van der Waals surface area contributed by atoms with E-state index < -0.39 is 0 Å². The fourth-order valence-corrected chi connectivity index (χ4v) is 1.07. The smallest absolute Gasteiger partial charge is 0.208 e. The summed E-state index contributed by atoms with van der Waals surface area (Å²) in [5.74, 6) is 1.73. The second-order valence-electron chi connectivity index (χ2n) is 3.00. The van der Waals surface area contributed by atoms with Crippen molar-refractivity contribution in [3.63, 3.8) is 0 Å². The van der Waals surface area contributed by atoms with E-state index in [0.29, 0.717) is 0 Å². The van der Waals surface area contributed by atoms with Crippen molar-refractivity contribution in [2.24, 2.45) is 5.92 Å². The number of aromatic amines is 1. The zero-order valence-electron chi connectivity index (χ0n) is 6.42. The Morgan fingerprint density at radius 3 is 3.18 bits per heavy atom. The van der Waals surface area contributed by atoms with Crippen molar-refractivity contribution in [3.8, 4) is 5.88 Å². The summed E-state index contributed by atoms with van der Waals surface area (Å²) in [5.41, 5.74) is 0. The topological polar surface area (TPSA) is 37.9 Å². The Morgan fingerprint density at radius 2 is 2.55 bits per heavy atom. The van der Waals surface area contributed by atoms with Gasteiger partial charge in [0.1, 0.15) is 0 Å². The van der Waals surface area contributed by atoms with Crippen molar-refractivity contribution in [2.75, 3.05) is 6.61 Å². The van der Waals surface area contributed by atoms with Crippen LogP contribution in [0.25, 0.3) is 0 Å². The second kappa shape index (κ2) is 2.95. The number of hydrogen-bond acceptors (Lipinski definition) is 2. The predicted molar refractivity (Wildman–Crippen MR) is 41.4 cm³/mol. The first-order chi connectivity index (χ1) is 5.45. The first-order valence-electron chi connectivity index (χ1n) is 4.07. The van der Waals surface area contributed by atoms with Gasteiger partial charge in [-0.2, -0.15) is 5.10 Å². The van der Waals surface area contributed by atoms with E-state index in [4.69, 9.17) is 4.74 Å². The summed E-state index contributed by atoms with van der Waals surface area (Å²) in [7, 11) is 0. The van der Waals surface area contributed by atoms with Crippen LogP contribution in [-0.2, 0) is 0 Å². The third kappa shape index (κ3) is 1.97. The van der Waals surface area contributed by atoms with Gasteiger partial charge in [0.15, 0.2) is 0 Å². The molecule has 0 radical (unpaired) electrons. The summed E-state index contributed by atoms with van der Waals surface area (Å²) in [5, 5.41) is 6.54. The molecule has 2 rings (SSSR count). The van der Waals surface area contributed by atoms with Gasteiger partial charge in [0, 0.05) is 6.07 Å². The standard InChI is InChI=1S/C8H12N2O/c1-2-7(1)4-6-11-8-3-5-9-10-8/h3,5,7H,1-2,4,6H2,(H,9,10). The molecule has 1 aliphatic carbocycles. The van der Waals surface area contributed by atoms with E-state index >= 15 is 0 Å². The maximum atomic E-state index is 5.38. The van der Waals surface area contributed by atoms with Crippen molar-refractivity contribution >= 4 is 0 Å². The Hall–Kier alpha value is -0.990. The van der Waals surface area contributed by atoms with E-state index in [-0.39, 0.29) is 0 Å². The first kappa shape index (κ1) is 6.70. The second-order valence-corrected chi connectivity index (χ2v) is 3.00. The Labute approximate surface area is 65.8 Å². The highest BCUT2D eigenvalue weighted by Crippen LogP contribution is 2.32. The Morgan fingerprint density at radius 1 is 1.64 bits per heavy atom. The van der Waals surface area contributed by atoms with Gasteiger partial charge in [-0.15, -0.1) is 0 Å². The summed E-state index contributed by atoms with van der Waals surface area (Å²) in [6.07, 6.45) is 5.68. The third-order valence-corrected chi connectivity index (χ3v) is 1.96. The lowest BCUT2D eigenvalue weighted by molar-refractivity contribution is 0.291. The zero-order valence-corrected chi connectivity index (χ0v) is 6.42. The van der Waals surface area contributed by atoms with E-state index in [1.54, 1.807) is 6.20 Å². The maximum Gasteiger partial charge on any atom is 0.208 e. The molecule has 1 aromatic rings. The van der Waals surface area contributed by atoms with Crippen molar-refractivity contribution < 1.29 is 4.74 Å². The first-order valence-corrected chi connectivity index (χ1v) is 4.07. The van der Waals surface area contributed by atoms with Crippen molar-refractivity contribution in [1.29, 1.82) is 0 Å². The average molecular weight is 152 g/mol. The van der Waals surface area contributed by atoms with E-state index in [1.165, 1.54) is 19.3 Å². The molecule has 11 heavy (non-hydrogen) atoms. The van der Waals surface area contributed by atoms with Gasteiger partial charge in [-0.25, -0.2) is 5.10 Å². The zero-order chi connectivity index (χ0) is 7.52. The lowest BCUT2D eigenvalue weighted by atomic mass is 10.3. The Balaban J connectivity index is 1.66. The number of rotatable bonds is 4. The summed E-state index contributed by atoms with van der Waals surface area (Å²) in [4.78, 5) is 0. The lowest BCUT2D eigenvalue weighted by Crippen LogP contribution is -1.98. The fraction of sp³-hybridized carbons (Fsp3) is 0.625. The Bertz CT molecular complexity index is 204. The average Bonchev–Trinajstić information content (AvgIpc) is 2.66. The molecule has 1 saturated carbocycles. The number of ether oxygens (including phenoxy) is 1. The molecule has 1 N–H and O–H groups in total. The van der Waals surface area contributed by atoms with Gasteiger partial charge in [-0.1, -0.05) is 12.8 Å². The van der Waals surface area contributed by atoms with Crippen molar-refractivity contribution in [3.05, 3.63) is 12.3 Å². The molecule has 60 valence electrons. The molecule has 0 amide bonds. The van der Waals surface area contributed by atoms with Crippen LogP contribution < -0.4 is 4.74 Å². The molecule has 0 spiro atoms. The molecule has 3 nitrogen and oxygen atoms in total. The molecule has 0 aliphatic heterocycles. The largest absolute Gasteiger partial charge is 0.478 e. The summed E-state index contributed by atoms with van der Waals surface area (Å²) < 4.78 is 5.38. The van der Waals surface area contributed by atoms with Crippen LogP contribution in [0.1, 0.15) is 19.3 Å². The monoisotopic (exact) mass is 152 g/mol. The minimum absolute atomic E-state index is 0.783. The van der Waals surface area contributed by atoms with Crippen LogP contribution in [0.4, 0.5) is 0 Å². The number of nitrogens with one attached hydrogen (secondary N) is 1. The van der Waals surface area contributed by atoms with Gasteiger partial charge < -0.3 is 4.74 Å². The Kier molecular flexibility index (Phi) is 1.79. The molecule has 1 aromatic heterocycles. The number of H-pyrrole nitrogens is 1. The predicted octanol–water partition coefficient (Wildman–Crippen LogP) is 1.59. The SMILES string of the molecule is c1cc(OCCC2CC2)[nH]n1. The van der Waals surface area contributed by atoms with Gasteiger partial charge in [-0.3, -0.25) is 0 Å². The molecule has 1 aliphatic rings. The van der Waals surface area contributed by atoms with Gasteiger partial charge in [0.2, 0.25) is 5.88 Å². The third-order valence-electron chi connectivity index (χ3n) is 1.96. The molecular weight excluding hydrogens is 140 g/mol. The van der Waals surface area contributed by atoms with Crippen LogP contribution >= 0.6 is 0 Å². The van der Waals surface area contributed by atoms with Crippen LogP contribution in [0.2, 0.25) is 0 Å². The molecule has 0 unspecified atom stereocenters. The molecule has 0 saturated heterocycles. The van der Waals surface area contributed by atoms with E-state index in [2.05, 4.69) is 10.2 Å². The summed E-state index contributed by atoms with van der Waals surface area (Å²) >= 11 is 0. The molecule has 0 bridgehead atoms. The molecule has 0 atom stereocenters. The highest BCUT2D eigenvalue weighted by molar-refractivity contribution is 5.03. The number of aromatic nitrogens is 2. The van der Waals surface area contributed by atoms with E-state index in [9.17, 15) is 0 Å². The van der Waals surface area contributed by atoms with E-state index in [0.717, 1.165) is 18.4 Å². The van der Waals surface area contributed by atoms with Crippen molar-refractivity contribution in [2.45, 2.75) is 19.3 Å². The molecule has 1 fully saturated rings. The van der Waals surface area contributed by atoms with Crippen molar-refractivity contribution in [1.82, 2.24) is 10.2 Å². The number of hydrogen-bond donors (Lipinski definition) is 1. The summed E-state index contributed by atoms with van der Waals surface area (Å²) in [6, 6.07) is 1.84.